The first-order valence-corrected chi connectivity index (χ1v) is 8.52. The summed E-state index contributed by atoms with van der Waals surface area (Å²) in [6.45, 7) is 12.1. The number of nitrogens with zero attached hydrogens (tertiary/aromatic N) is 1. The van der Waals surface area contributed by atoms with Crippen LogP contribution in [-0.2, 0) is 0 Å². The zero-order valence-electron chi connectivity index (χ0n) is 14.2. The van der Waals surface area contributed by atoms with Gasteiger partial charge in [0.05, 0.1) is 38.4 Å². The summed E-state index contributed by atoms with van der Waals surface area (Å²) >= 11 is 0. The highest BCUT2D eigenvalue weighted by atomic mass is 19.1. The number of nitrogens with one attached hydrogen (secondary N) is 1. The van der Waals surface area contributed by atoms with Gasteiger partial charge < -0.3 is 9.80 Å². The molecule has 1 heterocycles. The van der Waals surface area contributed by atoms with Gasteiger partial charge >= 0.3 is 0 Å². The summed E-state index contributed by atoms with van der Waals surface area (Å²) in [5.41, 5.74) is 2.18. The van der Waals surface area contributed by atoms with Gasteiger partial charge in [-0.1, -0.05) is 30.7 Å². The maximum Gasteiger partial charge on any atom is 0.146 e. The van der Waals surface area contributed by atoms with Crippen LogP contribution in [0.3, 0.4) is 0 Å². The molecule has 0 aromatic heterocycles. The Morgan fingerprint density at radius 3 is 2.59 bits per heavy atom. The molecule has 2 nitrogen and oxygen atoms in total. The quantitative estimate of drug-likeness (QED) is 0.794. The number of para-hydroxylation sites is 1. The fraction of sp³-hybridized carbons (Fsp3) is 0.579. The molecule has 1 aliphatic heterocycles. The van der Waals surface area contributed by atoms with Crippen molar-refractivity contribution in [3.63, 3.8) is 0 Å². The molecule has 2 rings (SSSR count). The largest absolute Gasteiger partial charge is 0.358 e. The van der Waals surface area contributed by atoms with Gasteiger partial charge in [0.1, 0.15) is 5.82 Å². The molecular formula is C19H30FN2+. The van der Waals surface area contributed by atoms with E-state index < -0.39 is 0 Å². The Labute approximate surface area is 134 Å². The number of anilines is 1. The maximum atomic E-state index is 13.8. The van der Waals surface area contributed by atoms with Crippen molar-refractivity contribution in [1.82, 2.24) is 0 Å². The zero-order chi connectivity index (χ0) is 15.9. The molecule has 1 aliphatic rings. The molecule has 0 unspecified atom stereocenters. The van der Waals surface area contributed by atoms with Crippen LogP contribution in [0.4, 0.5) is 10.1 Å². The lowest BCUT2D eigenvalue weighted by molar-refractivity contribution is -0.903. The molecule has 22 heavy (non-hydrogen) atoms. The van der Waals surface area contributed by atoms with Crippen LogP contribution >= 0.6 is 0 Å². The van der Waals surface area contributed by atoms with Crippen LogP contribution in [0.2, 0.25) is 0 Å². The highest BCUT2D eigenvalue weighted by Gasteiger charge is 2.22. The molecular weight excluding hydrogens is 275 g/mol. The average molecular weight is 305 g/mol. The van der Waals surface area contributed by atoms with Crippen LogP contribution in [0.1, 0.15) is 33.6 Å². The van der Waals surface area contributed by atoms with Crippen LogP contribution < -0.4 is 9.80 Å². The number of halogens is 1. The minimum atomic E-state index is -0.0963. The third-order valence-corrected chi connectivity index (χ3v) is 4.51. The van der Waals surface area contributed by atoms with Crippen molar-refractivity contribution in [1.29, 1.82) is 0 Å². The van der Waals surface area contributed by atoms with Crippen LogP contribution in [-0.4, -0.2) is 32.7 Å². The monoisotopic (exact) mass is 305 g/mol. The molecule has 1 aromatic rings. The van der Waals surface area contributed by atoms with Gasteiger partial charge in [0.2, 0.25) is 0 Å². The Balaban J connectivity index is 1.75. The van der Waals surface area contributed by atoms with Gasteiger partial charge in [-0.05, 0) is 38.8 Å². The van der Waals surface area contributed by atoms with Crippen LogP contribution in [0.15, 0.2) is 35.9 Å². The third-order valence-electron chi connectivity index (χ3n) is 4.51. The van der Waals surface area contributed by atoms with Gasteiger partial charge in [0, 0.05) is 5.92 Å². The molecule has 1 aromatic carbocycles. The number of quaternary nitrogens is 1. The van der Waals surface area contributed by atoms with Crippen molar-refractivity contribution in [3.05, 3.63) is 41.7 Å². The zero-order valence-corrected chi connectivity index (χ0v) is 14.2. The van der Waals surface area contributed by atoms with Crippen molar-refractivity contribution < 1.29 is 9.29 Å². The van der Waals surface area contributed by atoms with Crippen molar-refractivity contribution >= 4 is 5.69 Å². The average Bonchev–Trinajstić information content (AvgIpc) is 2.48. The Kier molecular flexibility index (Phi) is 6.44. The SMILES string of the molecule is CC(C)=CCC[C@@H](C)C[NH+]1CCN(c2ccccc2F)CC1. The predicted molar refractivity (Wildman–Crippen MR) is 92.0 cm³/mol. The second-order valence-corrected chi connectivity index (χ2v) is 6.86. The Hall–Kier alpha value is -1.35. The summed E-state index contributed by atoms with van der Waals surface area (Å²) in [5.74, 6) is 0.659. The van der Waals surface area contributed by atoms with Crippen molar-refractivity contribution in [2.45, 2.75) is 33.6 Å². The number of benzene rings is 1. The molecule has 0 bridgehead atoms. The lowest BCUT2D eigenvalue weighted by Crippen LogP contribution is -3.15. The molecule has 122 valence electrons. The van der Waals surface area contributed by atoms with E-state index in [4.69, 9.17) is 0 Å². The van der Waals surface area contributed by atoms with Crippen LogP contribution in [0.5, 0.6) is 0 Å². The third kappa shape index (κ3) is 5.13. The van der Waals surface area contributed by atoms with E-state index >= 15 is 0 Å². The number of hydrogen-bond donors (Lipinski definition) is 1. The molecule has 0 aliphatic carbocycles. The highest BCUT2D eigenvalue weighted by molar-refractivity contribution is 5.47. The van der Waals surface area contributed by atoms with Crippen LogP contribution in [0, 0.1) is 11.7 Å². The molecule has 1 N–H and O–H groups in total. The van der Waals surface area contributed by atoms with E-state index in [9.17, 15) is 4.39 Å². The second-order valence-electron chi connectivity index (χ2n) is 6.86. The van der Waals surface area contributed by atoms with Gasteiger partial charge in [0.25, 0.3) is 0 Å². The van der Waals surface area contributed by atoms with Gasteiger partial charge in [-0.2, -0.15) is 0 Å². The summed E-state index contributed by atoms with van der Waals surface area (Å²) in [6, 6.07) is 7.12. The second kappa shape index (κ2) is 8.33. The summed E-state index contributed by atoms with van der Waals surface area (Å²) < 4.78 is 13.8. The fourth-order valence-electron chi connectivity index (χ4n) is 3.23. The first kappa shape index (κ1) is 17.0. The van der Waals surface area contributed by atoms with Crippen molar-refractivity contribution in [2.24, 2.45) is 5.92 Å². The molecule has 0 amide bonds. The van der Waals surface area contributed by atoms with E-state index in [2.05, 4.69) is 31.7 Å². The molecule has 3 heteroatoms. The van der Waals surface area contributed by atoms with Gasteiger partial charge in [0.15, 0.2) is 0 Å². The number of hydrogen-bond acceptors (Lipinski definition) is 1. The number of allylic oxidation sites excluding steroid dienone is 2. The van der Waals surface area contributed by atoms with Gasteiger partial charge in [-0.3, -0.25) is 0 Å². The molecule has 1 atom stereocenters. The molecule has 1 fully saturated rings. The summed E-state index contributed by atoms with van der Waals surface area (Å²) in [6.07, 6.45) is 4.80. The van der Waals surface area contributed by atoms with E-state index in [0.29, 0.717) is 0 Å². The molecule has 0 radical (unpaired) electrons. The fourth-order valence-corrected chi connectivity index (χ4v) is 3.23. The summed E-state index contributed by atoms with van der Waals surface area (Å²) in [4.78, 5) is 3.85. The van der Waals surface area contributed by atoms with E-state index in [0.717, 1.165) is 37.8 Å². The molecule has 0 saturated carbocycles. The minimum Gasteiger partial charge on any atom is -0.358 e. The van der Waals surface area contributed by atoms with Crippen molar-refractivity contribution in [2.75, 3.05) is 37.6 Å². The smallest absolute Gasteiger partial charge is 0.146 e. The van der Waals surface area contributed by atoms with E-state index in [-0.39, 0.29) is 5.82 Å². The van der Waals surface area contributed by atoms with E-state index in [1.54, 1.807) is 17.0 Å². The van der Waals surface area contributed by atoms with E-state index in [1.165, 1.54) is 25.0 Å². The summed E-state index contributed by atoms with van der Waals surface area (Å²) in [7, 11) is 0. The number of piperazine rings is 1. The molecule has 0 spiro atoms. The lowest BCUT2D eigenvalue weighted by Gasteiger charge is -2.34. The molecule has 1 saturated heterocycles. The minimum absolute atomic E-state index is 0.0963. The highest BCUT2D eigenvalue weighted by Crippen LogP contribution is 2.18. The topological polar surface area (TPSA) is 7.68 Å². The first-order valence-electron chi connectivity index (χ1n) is 8.52. The first-order chi connectivity index (χ1) is 10.6. The predicted octanol–water partition coefficient (Wildman–Crippen LogP) is 2.91. The standard InChI is InChI=1S/C19H29FN2/c1-16(2)7-6-8-17(3)15-21-11-13-22(14-12-21)19-10-5-4-9-18(19)20/h4-5,7,9-10,17H,6,8,11-15H2,1-3H3/p+1/t17-/m1/s1. The normalized spacial score (nSPS) is 17.4. The van der Waals surface area contributed by atoms with Crippen molar-refractivity contribution in [3.8, 4) is 0 Å². The maximum absolute atomic E-state index is 13.8. The summed E-state index contributed by atoms with van der Waals surface area (Å²) in [5, 5.41) is 0. The van der Waals surface area contributed by atoms with Gasteiger partial charge in [-0.25, -0.2) is 4.39 Å². The van der Waals surface area contributed by atoms with Crippen LogP contribution in [0.25, 0.3) is 0 Å². The Morgan fingerprint density at radius 2 is 1.95 bits per heavy atom. The van der Waals surface area contributed by atoms with E-state index in [1.807, 2.05) is 12.1 Å². The Morgan fingerprint density at radius 1 is 1.27 bits per heavy atom. The number of rotatable bonds is 6. The lowest BCUT2D eigenvalue weighted by atomic mass is 10.0. The van der Waals surface area contributed by atoms with Gasteiger partial charge in [-0.15, -0.1) is 0 Å². The Bertz CT molecular complexity index is 486.